The Morgan fingerprint density at radius 3 is 2.58 bits per heavy atom. The number of nitrogens with one attached hydrogen (secondary N) is 2. The molecule has 0 spiro atoms. The third kappa shape index (κ3) is 5.87. The fourth-order valence-corrected chi connectivity index (χ4v) is 2.47. The number of carbonyl (C=O) groups is 1. The van der Waals surface area contributed by atoms with Crippen molar-refractivity contribution in [3.63, 3.8) is 0 Å². The summed E-state index contributed by atoms with van der Waals surface area (Å²) >= 11 is 5.15. The van der Waals surface area contributed by atoms with E-state index in [9.17, 15) is 4.79 Å². The molecule has 1 amide bonds. The summed E-state index contributed by atoms with van der Waals surface area (Å²) in [6.07, 6.45) is 3.30. The second-order valence-electron chi connectivity index (χ2n) is 5.65. The van der Waals surface area contributed by atoms with Gasteiger partial charge in [0.05, 0.1) is 17.9 Å². The van der Waals surface area contributed by atoms with Crippen molar-refractivity contribution in [2.75, 3.05) is 11.9 Å². The van der Waals surface area contributed by atoms with Gasteiger partial charge in [-0.25, -0.2) is 0 Å². The number of rotatable bonds is 7. The number of ether oxygens (including phenoxy) is 1. The minimum atomic E-state index is -0.325. The summed E-state index contributed by atoms with van der Waals surface area (Å²) in [6, 6.07) is 15.9. The number of hydrogen-bond acceptors (Lipinski definition) is 4. The van der Waals surface area contributed by atoms with E-state index in [4.69, 9.17) is 22.2 Å². The van der Waals surface area contributed by atoms with Crippen LogP contribution in [0, 0.1) is 11.3 Å². The first kappa shape index (κ1) is 19.4. The molecule has 134 valence electrons. The van der Waals surface area contributed by atoms with Crippen molar-refractivity contribution >= 4 is 28.9 Å². The van der Waals surface area contributed by atoms with Crippen molar-refractivity contribution in [2.24, 2.45) is 0 Å². The molecule has 0 aliphatic rings. The SMILES string of the molecule is CCCCCOc1ccc(C(=O)NC(=S)Nc2ccccc2C#N)cc1. The molecule has 0 unspecified atom stereocenters. The average molecular weight is 367 g/mol. The van der Waals surface area contributed by atoms with Crippen LogP contribution < -0.4 is 15.4 Å². The van der Waals surface area contributed by atoms with E-state index in [-0.39, 0.29) is 11.0 Å². The Kier molecular flexibility index (Phi) is 7.59. The molecule has 2 N–H and O–H groups in total. The van der Waals surface area contributed by atoms with Crippen LogP contribution in [0.1, 0.15) is 42.1 Å². The van der Waals surface area contributed by atoms with E-state index in [0.29, 0.717) is 23.4 Å². The number of amides is 1. The van der Waals surface area contributed by atoms with Crippen LogP contribution in [-0.4, -0.2) is 17.6 Å². The van der Waals surface area contributed by atoms with E-state index in [0.717, 1.165) is 25.0 Å². The molecule has 2 aromatic rings. The van der Waals surface area contributed by atoms with Gasteiger partial charge < -0.3 is 10.1 Å². The zero-order chi connectivity index (χ0) is 18.8. The Balaban J connectivity index is 1.88. The highest BCUT2D eigenvalue weighted by Crippen LogP contribution is 2.14. The highest BCUT2D eigenvalue weighted by molar-refractivity contribution is 7.80. The van der Waals surface area contributed by atoms with Crippen LogP contribution in [0.25, 0.3) is 0 Å². The third-order valence-corrected chi connectivity index (χ3v) is 3.86. The van der Waals surface area contributed by atoms with E-state index in [1.165, 1.54) is 0 Å². The maximum atomic E-state index is 12.3. The van der Waals surface area contributed by atoms with Crippen LogP contribution >= 0.6 is 12.2 Å². The lowest BCUT2D eigenvalue weighted by atomic mass is 10.2. The van der Waals surface area contributed by atoms with Crippen LogP contribution in [0.4, 0.5) is 5.69 Å². The molecule has 5 nitrogen and oxygen atoms in total. The first-order valence-corrected chi connectivity index (χ1v) is 8.89. The highest BCUT2D eigenvalue weighted by Gasteiger charge is 2.09. The number of nitriles is 1. The molecule has 0 saturated heterocycles. The zero-order valence-electron chi connectivity index (χ0n) is 14.6. The summed E-state index contributed by atoms with van der Waals surface area (Å²) in [5.41, 5.74) is 1.48. The molecule has 2 rings (SSSR count). The van der Waals surface area contributed by atoms with Gasteiger partial charge in [-0.1, -0.05) is 31.9 Å². The normalized spacial score (nSPS) is 9.85. The van der Waals surface area contributed by atoms with E-state index in [1.54, 1.807) is 48.5 Å². The minimum absolute atomic E-state index is 0.137. The first-order valence-electron chi connectivity index (χ1n) is 8.48. The number of unbranched alkanes of at least 4 members (excludes halogenated alkanes) is 2. The molecule has 0 aromatic heterocycles. The Bertz CT molecular complexity index is 797. The number of para-hydroxylation sites is 1. The largest absolute Gasteiger partial charge is 0.494 e. The van der Waals surface area contributed by atoms with Gasteiger partial charge >= 0.3 is 0 Å². The van der Waals surface area contributed by atoms with Crippen LogP contribution in [0.3, 0.4) is 0 Å². The molecule has 26 heavy (non-hydrogen) atoms. The van der Waals surface area contributed by atoms with Crippen LogP contribution in [-0.2, 0) is 0 Å². The van der Waals surface area contributed by atoms with E-state index < -0.39 is 0 Å². The first-order chi connectivity index (χ1) is 12.6. The summed E-state index contributed by atoms with van der Waals surface area (Å²) in [7, 11) is 0. The zero-order valence-corrected chi connectivity index (χ0v) is 15.4. The van der Waals surface area contributed by atoms with Gasteiger partial charge in [0.1, 0.15) is 11.8 Å². The van der Waals surface area contributed by atoms with Crippen molar-refractivity contribution < 1.29 is 9.53 Å². The number of nitrogens with zero attached hydrogens (tertiary/aromatic N) is 1. The molecule has 0 heterocycles. The van der Waals surface area contributed by atoms with E-state index in [2.05, 4.69) is 23.6 Å². The van der Waals surface area contributed by atoms with Crippen LogP contribution in [0.5, 0.6) is 5.75 Å². The van der Waals surface area contributed by atoms with Gasteiger partial charge in [0, 0.05) is 5.56 Å². The highest BCUT2D eigenvalue weighted by atomic mass is 32.1. The molecule has 6 heteroatoms. The molecule has 0 atom stereocenters. The lowest BCUT2D eigenvalue weighted by Crippen LogP contribution is -2.34. The summed E-state index contributed by atoms with van der Waals surface area (Å²) in [4.78, 5) is 12.3. The summed E-state index contributed by atoms with van der Waals surface area (Å²) < 4.78 is 5.63. The van der Waals surface area contributed by atoms with Crippen LogP contribution in [0.15, 0.2) is 48.5 Å². The monoisotopic (exact) mass is 367 g/mol. The fourth-order valence-electron chi connectivity index (χ4n) is 2.26. The van der Waals surface area contributed by atoms with Gasteiger partial charge in [0.25, 0.3) is 5.91 Å². The quantitative estimate of drug-likeness (QED) is 0.565. The number of thiocarbonyl (C=S) groups is 1. The molecular weight excluding hydrogens is 346 g/mol. The Hall–Kier alpha value is -2.91. The number of hydrogen-bond donors (Lipinski definition) is 2. The van der Waals surface area contributed by atoms with Gasteiger partial charge in [-0.05, 0) is 55.0 Å². The average Bonchev–Trinajstić information content (AvgIpc) is 2.66. The van der Waals surface area contributed by atoms with Gasteiger partial charge in [-0.15, -0.1) is 0 Å². The molecular formula is C20H21N3O2S. The molecule has 0 saturated carbocycles. The van der Waals surface area contributed by atoms with Gasteiger partial charge in [0.2, 0.25) is 0 Å². The second-order valence-corrected chi connectivity index (χ2v) is 6.05. The van der Waals surface area contributed by atoms with Crippen molar-refractivity contribution in [3.05, 3.63) is 59.7 Å². The summed E-state index contributed by atoms with van der Waals surface area (Å²) in [5.74, 6) is 0.413. The Morgan fingerprint density at radius 2 is 1.88 bits per heavy atom. The molecule has 0 bridgehead atoms. The molecule has 0 fully saturated rings. The Morgan fingerprint density at radius 1 is 1.15 bits per heavy atom. The van der Waals surface area contributed by atoms with Crippen molar-refractivity contribution in [2.45, 2.75) is 26.2 Å². The standard InChI is InChI=1S/C20H21N3O2S/c1-2-3-6-13-25-17-11-9-15(10-12-17)19(24)23-20(26)22-18-8-5-4-7-16(18)14-21/h4-5,7-12H,2-3,6,13H2,1H3,(H2,22,23,24,26). The van der Waals surface area contributed by atoms with Gasteiger partial charge in [-0.2, -0.15) is 5.26 Å². The third-order valence-electron chi connectivity index (χ3n) is 3.66. The van der Waals surface area contributed by atoms with E-state index >= 15 is 0 Å². The molecule has 2 aromatic carbocycles. The van der Waals surface area contributed by atoms with Crippen LogP contribution in [0.2, 0.25) is 0 Å². The number of carbonyl (C=O) groups excluding carboxylic acids is 1. The predicted octanol–water partition coefficient (Wildman–Crippen LogP) is 4.25. The lowest BCUT2D eigenvalue weighted by molar-refractivity contribution is 0.0977. The van der Waals surface area contributed by atoms with Crippen molar-refractivity contribution in [1.82, 2.24) is 5.32 Å². The predicted molar refractivity (Wildman–Crippen MR) is 106 cm³/mol. The van der Waals surface area contributed by atoms with Gasteiger partial charge in [-0.3, -0.25) is 10.1 Å². The topological polar surface area (TPSA) is 74.2 Å². The minimum Gasteiger partial charge on any atom is -0.494 e. The Labute approximate surface area is 159 Å². The fraction of sp³-hybridized carbons (Fsp3) is 0.250. The maximum absolute atomic E-state index is 12.3. The molecule has 0 aliphatic heterocycles. The van der Waals surface area contributed by atoms with Crippen molar-refractivity contribution in [1.29, 1.82) is 5.26 Å². The maximum Gasteiger partial charge on any atom is 0.257 e. The molecule has 0 radical (unpaired) electrons. The van der Waals surface area contributed by atoms with E-state index in [1.807, 2.05) is 0 Å². The number of anilines is 1. The summed E-state index contributed by atoms with van der Waals surface area (Å²) in [5, 5.41) is 14.7. The smallest absolute Gasteiger partial charge is 0.257 e. The number of benzene rings is 2. The van der Waals surface area contributed by atoms with Crippen molar-refractivity contribution in [3.8, 4) is 11.8 Å². The lowest BCUT2D eigenvalue weighted by Gasteiger charge is -2.11. The second kappa shape index (κ2) is 10.2. The summed E-state index contributed by atoms with van der Waals surface area (Å²) in [6.45, 7) is 2.82. The molecule has 0 aliphatic carbocycles. The van der Waals surface area contributed by atoms with Gasteiger partial charge in [0.15, 0.2) is 5.11 Å².